The number of benzene rings is 2. The number of amides is 4. The summed E-state index contributed by atoms with van der Waals surface area (Å²) in [5, 5.41) is 8.79. The molecule has 1 heterocycles. The average Bonchev–Trinajstić information content (AvgIpc) is 2.84. The standard InChI is InChI=1S/C25H33N5O3/c1-3-23(31)28-22-11-9-21(10-12-22)19(2)27-25(33)30-15-13-29(14-16-30)18-24(32)26-17-20-7-5-4-6-8-20/h4-12,19H,3,13-18H2,1-2H3,(H,26,32)(H,27,33)(H,28,31). The van der Waals surface area contributed by atoms with Gasteiger partial charge in [-0.05, 0) is 30.2 Å². The van der Waals surface area contributed by atoms with Crippen LogP contribution in [-0.4, -0.2) is 60.4 Å². The molecule has 1 fully saturated rings. The lowest BCUT2D eigenvalue weighted by atomic mass is 10.1. The molecule has 33 heavy (non-hydrogen) atoms. The van der Waals surface area contributed by atoms with Crippen molar-refractivity contribution < 1.29 is 14.4 Å². The topological polar surface area (TPSA) is 93.8 Å². The fourth-order valence-corrected chi connectivity index (χ4v) is 3.63. The Bertz CT molecular complexity index is 925. The number of rotatable bonds is 8. The first-order valence-electron chi connectivity index (χ1n) is 11.4. The Morgan fingerprint density at radius 1 is 0.909 bits per heavy atom. The molecule has 0 saturated carbocycles. The van der Waals surface area contributed by atoms with Crippen LogP contribution in [0.15, 0.2) is 54.6 Å². The van der Waals surface area contributed by atoms with Crippen molar-refractivity contribution in [2.45, 2.75) is 32.9 Å². The Hall–Kier alpha value is -3.39. The van der Waals surface area contributed by atoms with Gasteiger partial charge < -0.3 is 20.9 Å². The van der Waals surface area contributed by atoms with Gasteiger partial charge in [0.15, 0.2) is 0 Å². The van der Waals surface area contributed by atoms with E-state index in [4.69, 9.17) is 0 Å². The number of carbonyl (C=O) groups is 3. The molecule has 3 N–H and O–H groups in total. The van der Waals surface area contributed by atoms with Crippen LogP contribution < -0.4 is 16.0 Å². The summed E-state index contributed by atoms with van der Waals surface area (Å²) in [7, 11) is 0. The number of urea groups is 1. The second kappa shape index (κ2) is 12.0. The molecule has 1 atom stereocenters. The quantitative estimate of drug-likeness (QED) is 0.575. The molecule has 176 valence electrons. The molecular weight excluding hydrogens is 418 g/mol. The normalized spacial score (nSPS) is 14.9. The van der Waals surface area contributed by atoms with E-state index in [1.165, 1.54) is 0 Å². The zero-order chi connectivity index (χ0) is 23.6. The van der Waals surface area contributed by atoms with Gasteiger partial charge in [-0.1, -0.05) is 49.4 Å². The molecule has 0 aliphatic carbocycles. The van der Waals surface area contributed by atoms with E-state index in [1.807, 2.05) is 68.4 Å². The van der Waals surface area contributed by atoms with Crippen molar-refractivity contribution in [2.24, 2.45) is 0 Å². The smallest absolute Gasteiger partial charge is 0.317 e. The monoisotopic (exact) mass is 451 g/mol. The van der Waals surface area contributed by atoms with E-state index >= 15 is 0 Å². The van der Waals surface area contributed by atoms with Gasteiger partial charge in [0.05, 0.1) is 12.6 Å². The third-order valence-corrected chi connectivity index (χ3v) is 5.71. The maximum atomic E-state index is 12.7. The van der Waals surface area contributed by atoms with Crippen molar-refractivity contribution in [2.75, 3.05) is 38.0 Å². The van der Waals surface area contributed by atoms with Gasteiger partial charge in [0.25, 0.3) is 0 Å². The molecule has 0 aromatic heterocycles. The zero-order valence-electron chi connectivity index (χ0n) is 19.3. The summed E-state index contributed by atoms with van der Waals surface area (Å²) in [6, 6.07) is 17.0. The van der Waals surface area contributed by atoms with Crippen LogP contribution in [0.25, 0.3) is 0 Å². The maximum Gasteiger partial charge on any atom is 0.317 e. The van der Waals surface area contributed by atoms with Crippen LogP contribution in [-0.2, 0) is 16.1 Å². The van der Waals surface area contributed by atoms with Gasteiger partial charge in [-0.3, -0.25) is 14.5 Å². The van der Waals surface area contributed by atoms with Gasteiger partial charge >= 0.3 is 6.03 Å². The molecule has 8 nitrogen and oxygen atoms in total. The summed E-state index contributed by atoms with van der Waals surface area (Å²) >= 11 is 0. The van der Waals surface area contributed by atoms with E-state index in [-0.39, 0.29) is 23.9 Å². The first-order chi connectivity index (χ1) is 15.9. The SMILES string of the molecule is CCC(=O)Nc1ccc(C(C)NC(=O)N2CCN(CC(=O)NCc3ccccc3)CC2)cc1. The molecule has 1 saturated heterocycles. The van der Waals surface area contributed by atoms with Gasteiger partial charge in [-0.25, -0.2) is 4.79 Å². The molecule has 1 aliphatic heterocycles. The molecule has 0 spiro atoms. The fourth-order valence-electron chi connectivity index (χ4n) is 3.63. The van der Waals surface area contributed by atoms with Gasteiger partial charge in [0, 0.05) is 44.8 Å². The first kappa shape index (κ1) is 24.3. The van der Waals surface area contributed by atoms with Gasteiger partial charge in [-0.15, -0.1) is 0 Å². The Morgan fingerprint density at radius 2 is 1.58 bits per heavy atom. The van der Waals surface area contributed by atoms with Crippen molar-refractivity contribution >= 4 is 23.5 Å². The maximum absolute atomic E-state index is 12.7. The lowest BCUT2D eigenvalue weighted by Crippen LogP contribution is -2.53. The Kier molecular flexibility index (Phi) is 8.83. The third-order valence-electron chi connectivity index (χ3n) is 5.71. The second-order valence-electron chi connectivity index (χ2n) is 8.22. The van der Waals surface area contributed by atoms with E-state index in [0.717, 1.165) is 16.8 Å². The van der Waals surface area contributed by atoms with Crippen LogP contribution in [0.5, 0.6) is 0 Å². The van der Waals surface area contributed by atoms with Crippen LogP contribution in [0.4, 0.5) is 10.5 Å². The molecule has 3 rings (SSSR count). The molecule has 2 aromatic carbocycles. The molecule has 0 bridgehead atoms. The summed E-state index contributed by atoms with van der Waals surface area (Å²) in [6.45, 7) is 7.07. The predicted octanol–water partition coefficient (Wildman–Crippen LogP) is 2.74. The zero-order valence-corrected chi connectivity index (χ0v) is 19.3. The number of hydrogen-bond acceptors (Lipinski definition) is 4. The van der Waals surface area contributed by atoms with Gasteiger partial charge in [0.2, 0.25) is 11.8 Å². The van der Waals surface area contributed by atoms with Crippen LogP contribution in [0, 0.1) is 0 Å². The second-order valence-corrected chi connectivity index (χ2v) is 8.22. The minimum Gasteiger partial charge on any atom is -0.351 e. The largest absolute Gasteiger partial charge is 0.351 e. The van der Waals surface area contributed by atoms with Crippen LogP contribution in [0.2, 0.25) is 0 Å². The summed E-state index contributed by atoms with van der Waals surface area (Å²) < 4.78 is 0. The molecular formula is C25H33N5O3. The third kappa shape index (κ3) is 7.61. The van der Waals surface area contributed by atoms with Crippen LogP contribution in [0.3, 0.4) is 0 Å². The molecule has 8 heteroatoms. The number of piperazine rings is 1. The van der Waals surface area contributed by atoms with Crippen molar-refractivity contribution in [3.05, 3.63) is 65.7 Å². The number of nitrogens with one attached hydrogen (secondary N) is 3. The molecule has 1 unspecified atom stereocenters. The lowest BCUT2D eigenvalue weighted by Gasteiger charge is -2.35. The highest BCUT2D eigenvalue weighted by Crippen LogP contribution is 2.17. The van der Waals surface area contributed by atoms with Crippen molar-refractivity contribution in [3.63, 3.8) is 0 Å². The molecule has 0 radical (unpaired) electrons. The van der Waals surface area contributed by atoms with E-state index in [1.54, 1.807) is 4.90 Å². The highest BCUT2D eigenvalue weighted by atomic mass is 16.2. The first-order valence-corrected chi connectivity index (χ1v) is 11.4. The van der Waals surface area contributed by atoms with E-state index in [2.05, 4.69) is 20.9 Å². The lowest BCUT2D eigenvalue weighted by molar-refractivity contribution is -0.122. The predicted molar refractivity (Wildman–Crippen MR) is 129 cm³/mol. The minimum absolute atomic E-state index is 0.0102. The average molecular weight is 452 g/mol. The van der Waals surface area contributed by atoms with Crippen LogP contribution >= 0.6 is 0 Å². The molecule has 4 amide bonds. The number of hydrogen-bond donors (Lipinski definition) is 3. The van der Waals surface area contributed by atoms with Crippen molar-refractivity contribution in [3.8, 4) is 0 Å². The van der Waals surface area contributed by atoms with Crippen molar-refractivity contribution in [1.82, 2.24) is 20.4 Å². The van der Waals surface area contributed by atoms with Gasteiger partial charge in [-0.2, -0.15) is 0 Å². The molecule has 2 aromatic rings. The number of carbonyl (C=O) groups excluding carboxylic acids is 3. The summed E-state index contributed by atoms with van der Waals surface area (Å²) in [6.07, 6.45) is 0.430. The van der Waals surface area contributed by atoms with Crippen LogP contribution in [0.1, 0.15) is 37.4 Å². The molecule has 1 aliphatic rings. The summed E-state index contributed by atoms with van der Waals surface area (Å²) in [5.41, 5.74) is 2.78. The Morgan fingerprint density at radius 3 is 2.21 bits per heavy atom. The van der Waals surface area contributed by atoms with E-state index < -0.39 is 0 Å². The fraction of sp³-hybridized carbons (Fsp3) is 0.400. The highest BCUT2D eigenvalue weighted by molar-refractivity contribution is 5.90. The Labute approximate surface area is 195 Å². The number of nitrogens with zero attached hydrogens (tertiary/aromatic N) is 2. The minimum atomic E-state index is -0.157. The number of anilines is 1. The highest BCUT2D eigenvalue weighted by Gasteiger charge is 2.23. The Balaban J connectivity index is 1.38. The summed E-state index contributed by atoms with van der Waals surface area (Å²) in [4.78, 5) is 40.3. The van der Waals surface area contributed by atoms with E-state index in [0.29, 0.717) is 45.7 Å². The van der Waals surface area contributed by atoms with E-state index in [9.17, 15) is 14.4 Å². The van der Waals surface area contributed by atoms with Gasteiger partial charge in [0.1, 0.15) is 0 Å². The van der Waals surface area contributed by atoms with Crippen molar-refractivity contribution in [1.29, 1.82) is 0 Å². The summed E-state index contributed by atoms with van der Waals surface area (Å²) in [5.74, 6) is -0.0409.